The first kappa shape index (κ1) is 9.62. The van der Waals surface area contributed by atoms with Crippen LogP contribution in [-0.2, 0) is 5.60 Å². The molecule has 1 aromatic carbocycles. The van der Waals surface area contributed by atoms with Crippen molar-refractivity contribution in [2.75, 3.05) is 0 Å². The van der Waals surface area contributed by atoms with Gasteiger partial charge in [-0.2, -0.15) is 0 Å². The zero-order valence-electron chi connectivity index (χ0n) is 8.53. The van der Waals surface area contributed by atoms with Crippen molar-refractivity contribution in [1.29, 1.82) is 0 Å². The van der Waals surface area contributed by atoms with Crippen molar-refractivity contribution in [3.8, 4) is 0 Å². The molecule has 2 nitrogen and oxygen atoms in total. The molecule has 0 aliphatic heterocycles. The largest absolute Gasteiger partial charge is 0.386 e. The van der Waals surface area contributed by atoms with Crippen molar-refractivity contribution < 1.29 is 5.11 Å². The van der Waals surface area contributed by atoms with Crippen molar-refractivity contribution in [2.24, 2.45) is 0 Å². The van der Waals surface area contributed by atoms with Gasteiger partial charge in [-0.1, -0.05) is 6.07 Å². The van der Waals surface area contributed by atoms with Gasteiger partial charge in [-0.05, 0) is 38.5 Å². The molecule has 1 N–H and O–H groups in total. The molecule has 0 spiro atoms. The van der Waals surface area contributed by atoms with Crippen LogP contribution in [0.4, 0.5) is 0 Å². The number of thiazole rings is 1. The zero-order valence-corrected chi connectivity index (χ0v) is 9.35. The average molecular weight is 207 g/mol. The second-order valence-corrected chi connectivity index (χ2v) is 5.21. The SMILES string of the molecule is Cc1nc2cc(C(C)(C)O)ccc2s1. The Bertz CT molecular complexity index is 468. The summed E-state index contributed by atoms with van der Waals surface area (Å²) in [5.74, 6) is 0. The number of benzene rings is 1. The summed E-state index contributed by atoms with van der Waals surface area (Å²) in [4.78, 5) is 4.39. The molecule has 0 saturated heterocycles. The number of fused-ring (bicyclic) bond motifs is 1. The number of aryl methyl sites for hydroxylation is 1. The molecule has 0 amide bonds. The van der Waals surface area contributed by atoms with Gasteiger partial charge < -0.3 is 5.11 Å². The van der Waals surface area contributed by atoms with Gasteiger partial charge in [0.15, 0.2) is 0 Å². The second kappa shape index (κ2) is 3.04. The van der Waals surface area contributed by atoms with Gasteiger partial charge >= 0.3 is 0 Å². The summed E-state index contributed by atoms with van der Waals surface area (Å²) in [7, 11) is 0. The highest BCUT2D eigenvalue weighted by Gasteiger charge is 2.16. The Morgan fingerprint density at radius 2 is 2.07 bits per heavy atom. The van der Waals surface area contributed by atoms with Crippen LogP contribution in [0.5, 0.6) is 0 Å². The van der Waals surface area contributed by atoms with Crippen molar-refractivity contribution in [3.05, 3.63) is 28.8 Å². The molecule has 3 heteroatoms. The fourth-order valence-electron chi connectivity index (χ4n) is 1.42. The van der Waals surface area contributed by atoms with E-state index in [0.717, 1.165) is 16.1 Å². The molecule has 1 heterocycles. The second-order valence-electron chi connectivity index (χ2n) is 3.97. The maximum Gasteiger partial charge on any atom is 0.0907 e. The molecule has 0 atom stereocenters. The van der Waals surface area contributed by atoms with Crippen LogP contribution in [0.2, 0.25) is 0 Å². The van der Waals surface area contributed by atoms with E-state index in [1.165, 1.54) is 4.70 Å². The zero-order chi connectivity index (χ0) is 10.3. The quantitative estimate of drug-likeness (QED) is 0.780. The standard InChI is InChI=1S/C11H13NOS/c1-7-12-9-6-8(11(2,3)13)4-5-10(9)14-7/h4-6,13H,1-3H3. The third-order valence-corrected chi connectivity index (χ3v) is 3.15. The number of hydrogen-bond acceptors (Lipinski definition) is 3. The van der Waals surface area contributed by atoms with Gasteiger partial charge in [-0.15, -0.1) is 11.3 Å². The van der Waals surface area contributed by atoms with Gasteiger partial charge in [-0.25, -0.2) is 4.98 Å². The van der Waals surface area contributed by atoms with Gasteiger partial charge in [-0.3, -0.25) is 0 Å². The van der Waals surface area contributed by atoms with Crippen LogP contribution >= 0.6 is 11.3 Å². The van der Waals surface area contributed by atoms with E-state index in [1.807, 2.05) is 25.1 Å². The summed E-state index contributed by atoms with van der Waals surface area (Å²) in [6.07, 6.45) is 0. The molecule has 14 heavy (non-hydrogen) atoms. The molecule has 0 aliphatic rings. The van der Waals surface area contributed by atoms with Crippen molar-refractivity contribution >= 4 is 21.6 Å². The first-order valence-electron chi connectivity index (χ1n) is 4.57. The predicted octanol–water partition coefficient (Wildman–Crippen LogP) is 2.83. The summed E-state index contributed by atoms with van der Waals surface area (Å²) in [5.41, 5.74) is 1.11. The van der Waals surface area contributed by atoms with Gasteiger partial charge in [0.05, 0.1) is 20.8 Å². The molecular weight excluding hydrogens is 194 g/mol. The van der Waals surface area contributed by atoms with Crippen LogP contribution in [0, 0.1) is 6.92 Å². The van der Waals surface area contributed by atoms with Gasteiger partial charge in [0, 0.05) is 0 Å². The third-order valence-electron chi connectivity index (χ3n) is 2.20. The maximum absolute atomic E-state index is 9.83. The number of hydrogen-bond donors (Lipinski definition) is 1. The maximum atomic E-state index is 9.83. The lowest BCUT2D eigenvalue weighted by atomic mass is 9.98. The van der Waals surface area contributed by atoms with Gasteiger partial charge in [0.2, 0.25) is 0 Å². The number of aromatic nitrogens is 1. The number of nitrogens with zero attached hydrogens (tertiary/aromatic N) is 1. The Kier molecular flexibility index (Phi) is 2.09. The molecule has 1 aromatic heterocycles. The van der Waals surface area contributed by atoms with Crippen LogP contribution < -0.4 is 0 Å². The molecule has 0 radical (unpaired) electrons. The molecule has 74 valence electrons. The van der Waals surface area contributed by atoms with Crippen LogP contribution in [0.15, 0.2) is 18.2 Å². The highest BCUT2D eigenvalue weighted by atomic mass is 32.1. The minimum Gasteiger partial charge on any atom is -0.386 e. The Labute approximate surface area is 87.2 Å². The molecule has 2 rings (SSSR count). The van der Waals surface area contributed by atoms with E-state index >= 15 is 0 Å². The van der Waals surface area contributed by atoms with Crippen LogP contribution in [0.3, 0.4) is 0 Å². The monoisotopic (exact) mass is 207 g/mol. The van der Waals surface area contributed by atoms with Gasteiger partial charge in [0.25, 0.3) is 0 Å². The van der Waals surface area contributed by atoms with Crippen LogP contribution in [0.25, 0.3) is 10.2 Å². The van der Waals surface area contributed by atoms with E-state index in [-0.39, 0.29) is 0 Å². The summed E-state index contributed by atoms with van der Waals surface area (Å²) < 4.78 is 1.18. The van der Waals surface area contributed by atoms with Crippen molar-refractivity contribution in [1.82, 2.24) is 4.98 Å². The number of aliphatic hydroxyl groups is 1. The van der Waals surface area contributed by atoms with E-state index in [1.54, 1.807) is 25.2 Å². The highest BCUT2D eigenvalue weighted by molar-refractivity contribution is 7.18. The highest BCUT2D eigenvalue weighted by Crippen LogP contribution is 2.27. The molecule has 0 unspecified atom stereocenters. The fraction of sp³-hybridized carbons (Fsp3) is 0.364. The minimum absolute atomic E-state index is 0.786. The molecular formula is C11H13NOS. The van der Waals surface area contributed by atoms with Crippen LogP contribution in [0.1, 0.15) is 24.4 Å². The summed E-state index contributed by atoms with van der Waals surface area (Å²) in [5, 5.41) is 10.9. The molecule has 0 bridgehead atoms. The lowest BCUT2D eigenvalue weighted by molar-refractivity contribution is 0.0787. The fourth-order valence-corrected chi connectivity index (χ4v) is 2.23. The summed E-state index contributed by atoms with van der Waals surface area (Å²) >= 11 is 1.68. The Balaban J connectivity index is 2.62. The minimum atomic E-state index is -0.786. The Hall–Kier alpha value is -0.930. The van der Waals surface area contributed by atoms with Crippen molar-refractivity contribution in [3.63, 3.8) is 0 Å². The lowest BCUT2D eigenvalue weighted by Gasteiger charge is -2.17. The molecule has 0 aliphatic carbocycles. The molecule has 0 saturated carbocycles. The van der Waals surface area contributed by atoms with E-state index in [2.05, 4.69) is 4.98 Å². The predicted molar refractivity (Wildman–Crippen MR) is 59.6 cm³/mol. The van der Waals surface area contributed by atoms with E-state index in [9.17, 15) is 5.11 Å². The van der Waals surface area contributed by atoms with Crippen molar-refractivity contribution in [2.45, 2.75) is 26.4 Å². The van der Waals surface area contributed by atoms with Gasteiger partial charge in [0.1, 0.15) is 0 Å². The van der Waals surface area contributed by atoms with E-state index < -0.39 is 5.60 Å². The van der Waals surface area contributed by atoms with E-state index in [4.69, 9.17) is 0 Å². The molecule has 0 fully saturated rings. The third kappa shape index (κ3) is 1.65. The molecule has 2 aromatic rings. The first-order chi connectivity index (χ1) is 6.47. The summed E-state index contributed by atoms with van der Waals surface area (Å²) in [6.45, 7) is 5.56. The van der Waals surface area contributed by atoms with Crippen LogP contribution in [-0.4, -0.2) is 10.1 Å². The summed E-state index contributed by atoms with van der Waals surface area (Å²) in [6, 6.07) is 5.94. The topological polar surface area (TPSA) is 33.1 Å². The Morgan fingerprint density at radius 1 is 1.36 bits per heavy atom. The smallest absolute Gasteiger partial charge is 0.0907 e. The van der Waals surface area contributed by atoms with E-state index in [0.29, 0.717) is 0 Å². The lowest BCUT2D eigenvalue weighted by Crippen LogP contribution is -2.14. The first-order valence-corrected chi connectivity index (χ1v) is 5.38. The number of rotatable bonds is 1. The average Bonchev–Trinajstić information content (AvgIpc) is 2.41. The Morgan fingerprint density at radius 3 is 2.71 bits per heavy atom. The normalized spacial score (nSPS) is 12.3.